The van der Waals surface area contributed by atoms with Gasteiger partial charge in [-0.2, -0.15) is 0 Å². The van der Waals surface area contributed by atoms with E-state index in [9.17, 15) is 8.42 Å². The minimum absolute atomic E-state index is 0.294. The molecule has 4 nitrogen and oxygen atoms in total. The maximum atomic E-state index is 12.7. The van der Waals surface area contributed by atoms with Gasteiger partial charge in [-0.1, -0.05) is 30.3 Å². The molecule has 0 amide bonds. The minimum Gasteiger partial charge on any atom is -0.242 e. The molecule has 26 heavy (non-hydrogen) atoms. The van der Waals surface area contributed by atoms with Crippen molar-refractivity contribution in [1.29, 1.82) is 0 Å². The summed E-state index contributed by atoms with van der Waals surface area (Å²) in [5, 5.41) is 3.05. The maximum Gasteiger partial charge on any atom is 0.241 e. The van der Waals surface area contributed by atoms with Gasteiger partial charge in [-0.15, -0.1) is 11.3 Å². The van der Waals surface area contributed by atoms with Gasteiger partial charge in [0.1, 0.15) is 0 Å². The van der Waals surface area contributed by atoms with Crippen LogP contribution in [-0.2, 0) is 10.0 Å². The van der Waals surface area contributed by atoms with E-state index in [0.717, 1.165) is 33.0 Å². The molecule has 2 aromatic carbocycles. The Labute approximate surface area is 159 Å². The number of aryl methyl sites for hydroxylation is 3. The van der Waals surface area contributed by atoms with E-state index in [1.807, 2.05) is 63.4 Å². The van der Waals surface area contributed by atoms with Crippen molar-refractivity contribution < 1.29 is 8.42 Å². The van der Waals surface area contributed by atoms with Crippen LogP contribution in [0.25, 0.3) is 11.3 Å². The summed E-state index contributed by atoms with van der Waals surface area (Å²) in [4.78, 5) is 4.77. The van der Waals surface area contributed by atoms with Gasteiger partial charge >= 0.3 is 0 Å². The Morgan fingerprint density at radius 2 is 1.69 bits per heavy atom. The van der Waals surface area contributed by atoms with Crippen LogP contribution in [0.2, 0.25) is 0 Å². The summed E-state index contributed by atoms with van der Waals surface area (Å²) < 4.78 is 28.1. The molecule has 0 saturated carbocycles. The van der Waals surface area contributed by atoms with E-state index in [1.165, 1.54) is 0 Å². The van der Waals surface area contributed by atoms with Crippen LogP contribution in [0.1, 0.15) is 34.7 Å². The van der Waals surface area contributed by atoms with Crippen LogP contribution in [0.4, 0.5) is 0 Å². The predicted octanol–water partition coefficient (Wildman–Crippen LogP) is 4.77. The molecule has 0 aliphatic rings. The Balaban J connectivity index is 1.78. The Bertz CT molecular complexity index is 1020. The molecule has 1 unspecified atom stereocenters. The zero-order valence-corrected chi connectivity index (χ0v) is 16.9. The summed E-state index contributed by atoms with van der Waals surface area (Å²) in [6, 6.07) is 12.7. The molecule has 0 radical (unpaired) electrons. The molecule has 0 aliphatic heterocycles. The van der Waals surface area contributed by atoms with Crippen LogP contribution in [0.3, 0.4) is 0 Å². The highest BCUT2D eigenvalue weighted by molar-refractivity contribution is 7.89. The number of aromatic nitrogens is 1. The zero-order chi connectivity index (χ0) is 18.9. The molecule has 0 aliphatic carbocycles. The third-order valence-corrected chi connectivity index (χ3v) is 6.76. The molecule has 0 bridgehead atoms. The molecule has 1 heterocycles. The molecule has 136 valence electrons. The Kier molecular flexibility index (Phi) is 5.27. The molecule has 1 aromatic heterocycles. The van der Waals surface area contributed by atoms with E-state index in [0.29, 0.717) is 4.90 Å². The van der Waals surface area contributed by atoms with Crippen LogP contribution in [0, 0.1) is 20.8 Å². The summed E-state index contributed by atoms with van der Waals surface area (Å²) in [5.41, 5.74) is 4.92. The molecule has 0 saturated heterocycles. The van der Waals surface area contributed by atoms with Crippen LogP contribution in [0.5, 0.6) is 0 Å². The highest BCUT2D eigenvalue weighted by atomic mass is 32.2. The number of hydrogen-bond donors (Lipinski definition) is 1. The van der Waals surface area contributed by atoms with Gasteiger partial charge in [-0.05, 0) is 56.5 Å². The number of rotatable bonds is 5. The summed E-state index contributed by atoms with van der Waals surface area (Å²) in [7, 11) is -3.57. The average Bonchev–Trinajstić information content (AvgIpc) is 3.03. The molecular formula is C20H22N2O2S2. The minimum atomic E-state index is -3.57. The van der Waals surface area contributed by atoms with Gasteiger partial charge in [0, 0.05) is 17.0 Å². The Morgan fingerprint density at radius 3 is 2.27 bits per heavy atom. The van der Waals surface area contributed by atoms with Gasteiger partial charge in [0.05, 0.1) is 15.6 Å². The lowest BCUT2D eigenvalue weighted by Crippen LogP contribution is -2.27. The fraction of sp³-hybridized carbons (Fsp3) is 0.250. The van der Waals surface area contributed by atoms with E-state index in [4.69, 9.17) is 0 Å². The summed E-state index contributed by atoms with van der Waals surface area (Å²) in [6.45, 7) is 7.71. The lowest BCUT2D eigenvalue weighted by atomic mass is 10.1. The first-order valence-corrected chi connectivity index (χ1v) is 10.7. The molecule has 3 rings (SSSR count). The second-order valence-corrected chi connectivity index (χ2v) is 9.24. The Hall–Kier alpha value is -2.02. The molecular weight excluding hydrogens is 364 g/mol. The van der Waals surface area contributed by atoms with Gasteiger partial charge in [-0.25, -0.2) is 18.1 Å². The molecule has 3 aromatic rings. The maximum absolute atomic E-state index is 12.7. The first-order valence-electron chi connectivity index (χ1n) is 8.38. The summed E-state index contributed by atoms with van der Waals surface area (Å²) >= 11 is 1.61. The monoisotopic (exact) mass is 386 g/mol. The zero-order valence-electron chi connectivity index (χ0n) is 15.3. The molecule has 6 heteroatoms. The van der Waals surface area contributed by atoms with Crippen molar-refractivity contribution in [1.82, 2.24) is 9.71 Å². The number of benzene rings is 2. The summed E-state index contributed by atoms with van der Waals surface area (Å²) in [5.74, 6) is 0. The highest BCUT2D eigenvalue weighted by Gasteiger charge is 2.19. The fourth-order valence-electron chi connectivity index (χ4n) is 2.69. The molecule has 1 N–H and O–H groups in total. The first kappa shape index (κ1) is 18.8. The standard InChI is InChI=1S/C20H22N2O2S2/c1-13-5-10-19(11-14(13)2)26(23,24)22-15(3)17-6-8-18(9-7-17)20-12-25-16(4)21-20/h5-12,15,22H,1-4H3. The van der Waals surface area contributed by atoms with Crippen LogP contribution in [0.15, 0.2) is 52.7 Å². The number of nitrogens with one attached hydrogen (secondary N) is 1. The van der Waals surface area contributed by atoms with E-state index in [1.54, 1.807) is 23.5 Å². The first-order chi connectivity index (χ1) is 12.3. The fourth-order valence-corrected chi connectivity index (χ4v) is 4.63. The van der Waals surface area contributed by atoms with Crippen molar-refractivity contribution in [2.45, 2.75) is 38.6 Å². The normalized spacial score (nSPS) is 12.9. The van der Waals surface area contributed by atoms with E-state index in [2.05, 4.69) is 9.71 Å². The third-order valence-electron chi connectivity index (χ3n) is 4.45. The molecule has 0 fully saturated rings. The number of sulfonamides is 1. The average molecular weight is 387 g/mol. The SMILES string of the molecule is Cc1nc(-c2ccc(C(C)NS(=O)(=O)c3ccc(C)c(C)c3)cc2)cs1. The van der Waals surface area contributed by atoms with Crippen molar-refractivity contribution in [3.8, 4) is 11.3 Å². The van der Waals surface area contributed by atoms with Crippen molar-refractivity contribution >= 4 is 21.4 Å². The number of nitrogens with zero attached hydrogens (tertiary/aromatic N) is 1. The second kappa shape index (κ2) is 7.31. The van der Waals surface area contributed by atoms with Gasteiger partial charge in [0.15, 0.2) is 0 Å². The van der Waals surface area contributed by atoms with E-state index < -0.39 is 10.0 Å². The molecule has 0 spiro atoms. The van der Waals surface area contributed by atoms with Crippen molar-refractivity contribution in [3.63, 3.8) is 0 Å². The number of hydrogen-bond acceptors (Lipinski definition) is 4. The van der Waals surface area contributed by atoms with Crippen LogP contribution in [-0.4, -0.2) is 13.4 Å². The van der Waals surface area contributed by atoms with E-state index in [-0.39, 0.29) is 6.04 Å². The van der Waals surface area contributed by atoms with Gasteiger partial charge in [0.25, 0.3) is 0 Å². The lowest BCUT2D eigenvalue weighted by molar-refractivity contribution is 0.567. The van der Waals surface area contributed by atoms with Crippen molar-refractivity contribution in [3.05, 3.63) is 69.5 Å². The van der Waals surface area contributed by atoms with Gasteiger partial charge in [-0.3, -0.25) is 0 Å². The second-order valence-electron chi connectivity index (χ2n) is 6.46. The third kappa shape index (κ3) is 4.03. The van der Waals surface area contributed by atoms with Gasteiger partial charge in [0.2, 0.25) is 10.0 Å². The van der Waals surface area contributed by atoms with Crippen LogP contribution >= 0.6 is 11.3 Å². The predicted molar refractivity (Wildman–Crippen MR) is 107 cm³/mol. The highest BCUT2D eigenvalue weighted by Crippen LogP contribution is 2.24. The molecule has 1 atom stereocenters. The lowest BCUT2D eigenvalue weighted by Gasteiger charge is -2.16. The van der Waals surface area contributed by atoms with Crippen LogP contribution < -0.4 is 4.72 Å². The topological polar surface area (TPSA) is 59.1 Å². The largest absolute Gasteiger partial charge is 0.242 e. The number of thiazole rings is 1. The quantitative estimate of drug-likeness (QED) is 0.687. The van der Waals surface area contributed by atoms with Crippen molar-refractivity contribution in [2.24, 2.45) is 0 Å². The summed E-state index contributed by atoms with van der Waals surface area (Å²) in [6.07, 6.45) is 0. The van der Waals surface area contributed by atoms with Crippen molar-refractivity contribution in [2.75, 3.05) is 0 Å². The van der Waals surface area contributed by atoms with Gasteiger partial charge < -0.3 is 0 Å². The van der Waals surface area contributed by atoms with E-state index >= 15 is 0 Å². The Morgan fingerprint density at radius 1 is 1.00 bits per heavy atom. The smallest absolute Gasteiger partial charge is 0.241 e.